The van der Waals surface area contributed by atoms with Crippen LogP contribution in [0.3, 0.4) is 0 Å². The van der Waals surface area contributed by atoms with Crippen molar-refractivity contribution in [2.24, 2.45) is 5.10 Å². The summed E-state index contributed by atoms with van der Waals surface area (Å²) in [5, 5.41) is 9.88. The number of fused-ring (bicyclic) bond motifs is 1. The molecule has 2 aromatic heterocycles. The zero-order chi connectivity index (χ0) is 19.8. The van der Waals surface area contributed by atoms with Crippen LogP contribution in [0.25, 0.3) is 11.0 Å². The molecule has 3 aromatic rings. The number of furan rings is 2. The molecule has 8 heteroatoms. The third-order valence-corrected chi connectivity index (χ3v) is 5.36. The van der Waals surface area contributed by atoms with E-state index in [1.807, 2.05) is 36.4 Å². The maximum atomic E-state index is 13.1. The molecule has 2 amide bonds. The molecule has 0 saturated carbocycles. The summed E-state index contributed by atoms with van der Waals surface area (Å²) in [6.45, 7) is 1.81. The number of nitrogens with zero attached hydrogens (tertiary/aromatic N) is 2. The van der Waals surface area contributed by atoms with Crippen LogP contribution in [0.2, 0.25) is 0 Å². The maximum Gasteiger partial charge on any atom is 0.298 e. The summed E-state index contributed by atoms with van der Waals surface area (Å²) in [7, 11) is 0. The lowest BCUT2D eigenvalue weighted by Crippen LogP contribution is -3.16. The highest BCUT2D eigenvalue weighted by atomic mass is 16.3. The molecule has 1 fully saturated rings. The number of amides is 2. The molecule has 0 spiro atoms. The van der Waals surface area contributed by atoms with Gasteiger partial charge in [0.05, 0.1) is 19.4 Å². The number of piperazine rings is 1. The van der Waals surface area contributed by atoms with E-state index in [1.54, 1.807) is 12.3 Å². The number of para-hydroxylation sites is 1. The third-order valence-electron chi connectivity index (χ3n) is 5.36. The van der Waals surface area contributed by atoms with E-state index in [9.17, 15) is 9.59 Å². The molecule has 0 radical (unpaired) electrons. The number of quaternary nitrogens is 1. The van der Waals surface area contributed by atoms with E-state index in [1.165, 1.54) is 5.01 Å². The van der Waals surface area contributed by atoms with Gasteiger partial charge in [0.2, 0.25) is 0 Å². The highest BCUT2D eigenvalue weighted by Crippen LogP contribution is 2.34. The lowest BCUT2D eigenvalue weighted by atomic mass is 10.1. The average Bonchev–Trinajstić information content (AvgIpc) is 3.45. The first-order valence-electron chi connectivity index (χ1n) is 9.69. The molecular formula is C21H21N4O4+. The molecule has 8 nitrogen and oxygen atoms in total. The van der Waals surface area contributed by atoms with Crippen LogP contribution in [0.4, 0.5) is 0 Å². The molecule has 148 valence electrons. The summed E-state index contributed by atoms with van der Waals surface area (Å²) in [5.41, 5.74) is 1.50. The molecule has 1 aromatic carbocycles. The molecule has 5 rings (SSSR count). The number of benzene rings is 1. The molecule has 1 unspecified atom stereocenters. The molecule has 0 bridgehead atoms. The Bertz CT molecular complexity index is 1050. The Balaban J connectivity index is 1.43. The molecule has 2 atom stereocenters. The Hall–Kier alpha value is -3.39. The lowest BCUT2D eigenvalue weighted by molar-refractivity contribution is -0.885. The Labute approximate surface area is 166 Å². The van der Waals surface area contributed by atoms with Gasteiger partial charge in [-0.25, -0.2) is 5.01 Å². The molecule has 2 aliphatic rings. The summed E-state index contributed by atoms with van der Waals surface area (Å²) in [4.78, 5) is 25.6. The van der Waals surface area contributed by atoms with Gasteiger partial charge in [-0.1, -0.05) is 18.2 Å². The fourth-order valence-corrected chi connectivity index (χ4v) is 3.92. The second kappa shape index (κ2) is 7.21. The summed E-state index contributed by atoms with van der Waals surface area (Å²) < 4.78 is 11.5. The molecule has 2 N–H and O–H groups in total. The monoisotopic (exact) mass is 393 g/mol. The summed E-state index contributed by atoms with van der Waals surface area (Å²) in [6.07, 6.45) is 2.10. The highest BCUT2D eigenvalue weighted by molar-refractivity contribution is 6.03. The molecule has 2 aliphatic heterocycles. The number of carbonyl (C=O) groups excluding carboxylic acids is 2. The lowest BCUT2D eigenvalue weighted by Gasteiger charge is -2.26. The van der Waals surface area contributed by atoms with Crippen LogP contribution < -0.4 is 10.2 Å². The first-order valence-corrected chi connectivity index (χ1v) is 9.69. The topological polar surface area (TPSA) is 92.5 Å². The Morgan fingerprint density at radius 1 is 1.28 bits per heavy atom. The zero-order valence-electron chi connectivity index (χ0n) is 15.8. The molecule has 4 heterocycles. The Kier molecular flexibility index (Phi) is 4.40. The van der Waals surface area contributed by atoms with Gasteiger partial charge in [0.25, 0.3) is 11.8 Å². The van der Waals surface area contributed by atoms with Gasteiger partial charge in [-0.05, 0) is 24.3 Å². The fourth-order valence-electron chi connectivity index (χ4n) is 3.92. The van der Waals surface area contributed by atoms with Crippen LogP contribution in [0, 0.1) is 0 Å². The van der Waals surface area contributed by atoms with Crippen LogP contribution in [-0.2, 0) is 9.59 Å². The number of rotatable bonds is 4. The normalized spacial score (nSPS) is 22.0. The summed E-state index contributed by atoms with van der Waals surface area (Å²) >= 11 is 0. The Morgan fingerprint density at radius 3 is 2.97 bits per heavy atom. The van der Waals surface area contributed by atoms with Crippen LogP contribution in [0.5, 0.6) is 0 Å². The standard InChI is InChI=1S/C21H20N4O4/c26-20-12-24(8-7-22-20)13-21(27)25-16(18-6-3-9-28-18)11-15(23-25)19-10-14-4-1-2-5-17(14)29-19/h1-6,9-10,16H,7-8,11-13H2,(H,22,26)/p+1/t16-/m0/s1. The molecule has 1 saturated heterocycles. The van der Waals surface area contributed by atoms with Gasteiger partial charge in [-0.2, -0.15) is 5.10 Å². The molecule has 0 aliphatic carbocycles. The summed E-state index contributed by atoms with van der Waals surface area (Å²) in [5.74, 6) is 1.17. The fraction of sp³-hybridized carbons (Fsp3) is 0.286. The smallest absolute Gasteiger partial charge is 0.298 e. The Morgan fingerprint density at radius 2 is 2.17 bits per heavy atom. The van der Waals surface area contributed by atoms with E-state index < -0.39 is 0 Å². The number of hydrogen-bond donors (Lipinski definition) is 2. The minimum Gasteiger partial charge on any atom is -0.467 e. The van der Waals surface area contributed by atoms with Gasteiger partial charge in [0.1, 0.15) is 23.1 Å². The van der Waals surface area contributed by atoms with Crippen LogP contribution in [0.15, 0.2) is 62.7 Å². The first-order chi connectivity index (χ1) is 14.2. The van der Waals surface area contributed by atoms with Crippen molar-refractivity contribution in [1.82, 2.24) is 10.3 Å². The third kappa shape index (κ3) is 3.42. The number of hydrazone groups is 1. The minimum absolute atomic E-state index is 0.0328. The van der Waals surface area contributed by atoms with Gasteiger partial charge < -0.3 is 19.1 Å². The molecular weight excluding hydrogens is 372 g/mol. The number of nitrogens with one attached hydrogen (secondary N) is 2. The van der Waals surface area contributed by atoms with E-state index in [4.69, 9.17) is 8.83 Å². The van der Waals surface area contributed by atoms with Gasteiger partial charge in [-0.15, -0.1) is 0 Å². The van der Waals surface area contributed by atoms with E-state index in [0.717, 1.165) is 22.4 Å². The van der Waals surface area contributed by atoms with Crippen molar-refractivity contribution in [1.29, 1.82) is 0 Å². The largest absolute Gasteiger partial charge is 0.467 e. The van der Waals surface area contributed by atoms with Crippen molar-refractivity contribution >= 4 is 28.5 Å². The first kappa shape index (κ1) is 17.7. The average molecular weight is 393 g/mol. The van der Waals surface area contributed by atoms with Crippen molar-refractivity contribution in [3.05, 3.63) is 60.2 Å². The highest BCUT2D eigenvalue weighted by Gasteiger charge is 2.37. The van der Waals surface area contributed by atoms with Crippen LogP contribution in [-0.4, -0.2) is 48.7 Å². The number of carbonyl (C=O) groups is 2. The van der Waals surface area contributed by atoms with Crippen LogP contribution in [0.1, 0.15) is 24.0 Å². The zero-order valence-corrected chi connectivity index (χ0v) is 15.8. The van der Waals surface area contributed by atoms with Gasteiger partial charge in [0, 0.05) is 11.8 Å². The van der Waals surface area contributed by atoms with Gasteiger partial charge in [0.15, 0.2) is 18.8 Å². The van der Waals surface area contributed by atoms with Crippen molar-refractivity contribution in [2.45, 2.75) is 12.5 Å². The predicted octanol–water partition coefficient (Wildman–Crippen LogP) is 0.718. The second-order valence-electron chi connectivity index (χ2n) is 7.37. The van der Waals surface area contributed by atoms with Gasteiger partial charge >= 0.3 is 0 Å². The van der Waals surface area contributed by atoms with Crippen LogP contribution >= 0.6 is 0 Å². The minimum atomic E-state index is -0.321. The predicted molar refractivity (Wildman–Crippen MR) is 104 cm³/mol. The molecule has 29 heavy (non-hydrogen) atoms. The summed E-state index contributed by atoms with van der Waals surface area (Å²) in [6, 6.07) is 13.0. The van der Waals surface area contributed by atoms with Crippen molar-refractivity contribution in [2.75, 3.05) is 26.2 Å². The number of hydrogen-bond acceptors (Lipinski definition) is 5. The second-order valence-corrected chi connectivity index (χ2v) is 7.37. The van der Waals surface area contributed by atoms with Crippen molar-refractivity contribution in [3.8, 4) is 0 Å². The van der Waals surface area contributed by atoms with Crippen molar-refractivity contribution < 1.29 is 23.3 Å². The quantitative estimate of drug-likeness (QED) is 0.683. The maximum absolute atomic E-state index is 13.1. The van der Waals surface area contributed by atoms with E-state index in [2.05, 4.69) is 10.4 Å². The van der Waals surface area contributed by atoms with E-state index in [0.29, 0.717) is 36.7 Å². The van der Waals surface area contributed by atoms with Gasteiger partial charge in [-0.3, -0.25) is 9.59 Å². The van der Waals surface area contributed by atoms with E-state index in [-0.39, 0.29) is 24.4 Å². The SMILES string of the molecule is O=C1C[NH+](CC(=O)N2N=C(c3cc4ccccc4o3)C[C@H]2c2ccco2)CCN1. The van der Waals surface area contributed by atoms with E-state index >= 15 is 0 Å². The van der Waals surface area contributed by atoms with Crippen molar-refractivity contribution in [3.63, 3.8) is 0 Å².